The van der Waals surface area contributed by atoms with Gasteiger partial charge in [-0.3, -0.25) is 0 Å². The average molecular weight is 255 g/mol. The Morgan fingerprint density at radius 1 is 1.06 bits per heavy atom. The van der Waals surface area contributed by atoms with Crippen molar-refractivity contribution < 1.29 is 13.3 Å². The molecular formula is C12H21NO3Si. The molecule has 1 unspecified atom stereocenters. The van der Waals surface area contributed by atoms with Gasteiger partial charge >= 0.3 is 8.80 Å². The molecular weight excluding hydrogens is 234 g/mol. The van der Waals surface area contributed by atoms with Crippen LogP contribution < -0.4 is 5.73 Å². The molecule has 0 aromatic heterocycles. The Labute approximate surface area is 104 Å². The fourth-order valence-electron chi connectivity index (χ4n) is 2.13. The highest BCUT2D eigenvalue weighted by Crippen LogP contribution is 2.33. The zero-order chi connectivity index (χ0) is 12.9. The van der Waals surface area contributed by atoms with E-state index in [1.54, 1.807) is 21.3 Å². The smallest absolute Gasteiger partial charge is 0.376 e. The van der Waals surface area contributed by atoms with E-state index in [1.165, 1.54) is 0 Å². The van der Waals surface area contributed by atoms with Crippen LogP contribution in [0.15, 0.2) is 30.3 Å². The maximum atomic E-state index is 6.52. The summed E-state index contributed by atoms with van der Waals surface area (Å²) in [5.41, 5.74) is 7.49. The summed E-state index contributed by atoms with van der Waals surface area (Å²) in [4.78, 5) is 0. The van der Waals surface area contributed by atoms with E-state index in [2.05, 4.69) is 0 Å². The Hall–Kier alpha value is -0.723. The van der Waals surface area contributed by atoms with Crippen molar-refractivity contribution in [3.05, 3.63) is 35.9 Å². The second-order valence-corrected chi connectivity index (χ2v) is 7.09. The van der Waals surface area contributed by atoms with Crippen LogP contribution in [-0.4, -0.2) is 30.1 Å². The van der Waals surface area contributed by atoms with Gasteiger partial charge in [0.1, 0.15) is 5.16 Å². The van der Waals surface area contributed by atoms with Crippen molar-refractivity contribution in [2.75, 3.05) is 21.3 Å². The first kappa shape index (κ1) is 14.3. The molecule has 0 aliphatic carbocycles. The Morgan fingerprint density at radius 2 is 1.53 bits per heavy atom. The van der Waals surface area contributed by atoms with Crippen LogP contribution in [0.25, 0.3) is 0 Å². The highest BCUT2D eigenvalue weighted by atomic mass is 28.4. The number of hydrogen-bond donors (Lipinski definition) is 1. The first-order valence-corrected chi connectivity index (χ1v) is 7.32. The summed E-state index contributed by atoms with van der Waals surface area (Å²) in [6.45, 7) is 2.01. The Morgan fingerprint density at radius 3 is 1.88 bits per heavy atom. The van der Waals surface area contributed by atoms with E-state index < -0.39 is 14.0 Å². The summed E-state index contributed by atoms with van der Waals surface area (Å²) in [5, 5.41) is -0.730. The van der Waals surface area contributed by atoms with E-state index in [0.717, 1.165) is 5.56 Å². The molecule has 96 valence electrons. The third-order valence-corrected chi connectivity index (χ3v) is 6.55. The second kappa shape index (κ2) is 5.75. The van der Waals surface area contributed by atoms with Crippen molar-refractivity contribution in [2.45, 2.75) is 18.5 Å². The molecule has 0 heterocycles. The van der Waals surface area contributed by atoms with Crippen molar-refractivity contribution in [3.8, 4) is 0 Å². The summed E-state index contributed by atoms with van der Waals surface area (Å²) in [5.74, 6) is 0. The molecule has 4 nitrogen and oxygen atoms in total. The van der Waals surface area contributed by atoms with Gasteiger partial charge < -0.3 is 19.0 Å². The molecule has 0 aliphatic heterocycles. The standard InChI is InChI=1S/C12H21NO3Si/c1-5-12(13,11-9-7-6-8-10-11)17(14-2,15-3)16-4/h6-10H,5,13H2,1-4H3. The number of nitrogens with two attached hydrogens (primary N) is 1. The van der Waals surface area contributed by atoms with Crippen molar-refractivity contribution in [1.82, 2.24) is 0 Å². The molecule has 0 spiro atoms. The quantitative estimate of drug-likeness (QED) is 0.786. The van der Waals surface area contributed by atoms with Crippen LogP contribution >= 0.6 is 0 Å². The van der Waals surface area contributed by atoms with Crippen LogP contribution in [0.1, 0.15) is 18.9 Å². The van der Waals surface area contributed by atoms with E-state index >= 15 is 0 Å². The zero-order valence-corrected chi connectivity index (χ0v) is 11.9. The molecule has 0 radical (unpaired) electrons. The Balaban J connectivity index is 3.28. The molecule has 2 N–H and O–H groups in total. The van der Waals surface area contributed by atoms with Crippen LogP contribution in [0.3, 0.4) is 0 Å². The lowest BCUT2D eigenvalue weighted by atomic mass is 10.1. The topological polar surface area (TPSA) is 53.7 Å². The molecule has 0 bridgehead atoms. The fourth-order valence-corrected chi connectivity index (χ4v) is 4.68. The Kier molecular flexibility index (Phi) is 4.85. The molecule has 0 fully saturated rings. The maximum absolute atomic E-state index is 6.52. The SMILES string of the molecule is CCC(N)(c1ccccc1)[Si](OC)(OC)OC. The van der Waals surface area contributed by atoms with Gasteiger partial charge in [-0.15, -0.1) is 0 Å². The van der Waals surface area contributed by atoms with E-state index in [9.17, 15) is 0 Å². The minimum absolute atomic E-state index is 0.679. The predicted molar refractivity (Wildman–Crippen MR) is 69.4 cm³/mol. The number of hydrogen-bond acceptors (Lipinski definition) is 4. The minimum Gasteiger partial charge on any atom is -0.376 e. The molecule has 1 atom stereocenters. The second-order valence-electron chi connectivity index (χ2n) is 3.86. The fraction of sp³-hybridized carbons (Fsp3) is 0.500. The van der Waals surface area contributed by atoms with E-state index in [4.69, 9.17) is 19.0 Å². The number of rotatable bonds is 6. The molecule has 0 saturated carbocycles. The summed E-state index contributed by atoms with van der Waals surface area (Å²) in [6, 6.07) is 9.80. The van der Waals surface area contributed by atoms with Gasteiger partial charge in [-0.25, -0.2) is 0 Å². The van der Waals surface area contributed by atoms with E-state index in [-0.39, 0.29) is 0 Å². The summed E-state index contributed by atoms with van der Waals surface area (Å²) < 4.78 is 16.5. The van der Waals surface area contributed by atoms with Crippen molar-refractivity contribution in [1.29, 1.82) is 0 Å². The molecule has 1 aromatic carbocycles. The van der Waals surface area contributed by atoms with Gasteiger partial charge in [0.2, 0.25) is 0 Å². The normalized spacial score (nSPS) is 15.6. The third-order valence-electron chi connectivity index (χ3n) is 3.20. The monoisotopic (exact) mass is 255 g/mol. The van der Waals surface area contributed by atoms with E-state index in [1.807, 2.05) is 37.3 Å². The number of benzene rings is 1. The van der Waals surface area contributed by atoms with Gasteiger partial charge in [-0.1, -0.05) is 37.3 Å². The predicted octanol–water partition coefficient (Wildman–Crippen LogP) is 1.67. The van der Waals surface area contributed by atoms with Gasteiger partial charge in [0.15, 0.2) is 0 Å². The molecule has 0 amide bonds. The van der Waals surface area contributed by atoms with Crippen molar-refractivity contribution in [2.24, 2.45) is 5.73 Å². The van der Waals surface area contributed by atoms with Gasteiger partial charge in [0.25, 0.3) is 0 Å². The summed E-state index contributed by atoms with van der Waals surface area (Å²) in [7, 11) is 1.81. The van der Waals surface area contributed by atoms with Crippen LogP contribution in [0.2, 0.25) is 0 Å². The maximum Gasteiger partial charge on any atom is 0.525 e. The first-order valence-electron chi connectivity index (χ1n) is 5.60. The van der Waals surface area contributed by atoms with Gasteiger partial charge in [-0.05, 0) is 12.0 Å². The van der Waals surface area contributed by atoms with Crippen molar-refractivity contribution >= 4 is 8.80 Å². The lowest BCUT2D eigenvalue weighted by Crippen LogP contribution is -2.66. The average Bonchev–Trinajstić information content (AvgIpc) is 2.42. The summed E-state index contributed by atoms with van der Waals surface area (Å²) in [6.07, 6.45) is 0.679. The largest absolute Gasteiger partial charge is 0.525 e. The first-order chi connectivity index (χ1) is 8.10. The summed E-state index contributed by atoms with van der Waals surface area (Å²) >= 11 is 0. The molecule has 1 aromatic rings. The van der Waals surface area contributed by atoms with Crippen LogP contribution in [0.4, 0.5) is 0 Å². The zero-order valence-electron chi connectivity index (χ0n) is 10.9. The van der Waals surface area contributed by atoms with Gasteiger partial charge in [0, 0.05) is 21.3 Å². The molecule has 5 heteroatoms. The molecule has 1 rings (SSSR count). The van der Waals surface area contributed by atoms with Gasteiger partial charge in [-0.2, -0.15) is 0 Å². The molecule has 17 heavy (non-hydrogen) atoms. The van der Waals surface area contributed by atoms with Gasteiger partial charge in [0.05, 0.1) is 0 Å². The van der Waals surface area contributed by atoms with Crippen molar-refractivity contribution in [3.63, 3.8) is 0 Å². The van der Waals surface area contributed by atoms with Crippen LogP contribution in [-0.2, 0) is 18.4 Å². The lowest BCUT2D eigenvalue weighted by Gasteiger charge is -2.40. The molecule has 0 saturated heterocycles. The highest BCUT2D eigenvalue weighted by Gasteiger charge is 2.57. The van der Waals surface area contributed by atoms with Crippen LogP contribution in [0.5, 0.6) is 0 Å². The minimum atomic E-state index is -2.93. The third kappa shape index (κ3) is 2.29. The lowest BCUT2D eigenvalue weighted by molar-refractivity contribution is 0.0894. The van der Waals surface area contributed by atoms with E-state index in [0.29, 0.717) is 6.42 Å². The highest BCUT2D eigenvalue weighted by molar-refractivity contribution is 6.64. The Bertz CT molecular complexity index is 335. The molecule has 0 aliphatic rings. The van der Waals surface area contributed by atoms with Crippen LogP contribution in [0, 0.1) is 0 Å².